The number of rotatable bonds is 3. The van der Waals surface area contributed by atoms with E-state index in [9.17, 15) is 19.0 Å². The fourth-order valence-corrected chi connectivity index (χ4v) is 1.46. The quantitative estimate of drug-likeness (QED) is 0.579. The second kappa shape index (κ2) is 4.87. The molecule has 3 nitrogen and oxygen atoms in total. The van der Waals surface area contributed by atoms with Crippen molar-refractivity contribution >= 4 is 21.6 Å². The molecule has 0 aliphatic carbocycles. The Morgan fingerprint density at radius 1 is 1.27 bits per heavy atom. The Balaban J connectivity index is 3.09. The van der Waals surface area contributed by atoms with Gasteiger partial charge in [0.2, 0.25) is 0 Å². The molecule has 4 N–H and O–H groups in total. The number of nitrogen functional groups attached to an aromatic ring is 1. The van der Waals surface area contributed by atoms with E-state index in [0.29, 0.717) is 6.07 Å². The fourth-order valence-electron chi connectivity index (χ4n) is 1.10. The number of hydrogen-bond acceptors (Lipinski definition) is 3. The van der Waals surface area contributed by atoms with Crippen LogP contribution in [0.4, 0.5) is 14.5 Å². The van der Waals surface area contributed by atoms with Gasteiger partial charge >= 0.3 is 0 Å². The predicted octanol–water partition coefficient (Wildman–Crippen LogP) is 1.34. The van der Waals surface area contributed by atoms with Crippen molar-refractivity contribution in [3.05, 3.63) is 29.3 Å². The van der Waals surface area contributed by atoms with Crippen LogP contribution in [0.3, 0.4) is 0 Å². The van der Waals surface area contributed by atoms with Gasteiger partial charge in [-0.25, -0.2) is 8.78 Å². The van der Waals surface area contributed by atoms with Crippen LogP contribution in [-0.4, -0.2) is 21.6 Å². The maximum absolute atomic E-state index is 13.2. The minimum atomic E-state index is -1.44. The maximum Gasteiger partial charge on any atom is 0.149 e. The summed E-state index contributed by atoms with van der Waals surface area (Å²) in [6.45, 7) is 0. The van der Waals surface area contributed by atoms with Gasteiger partial charge in [0.1, 0.15) is 17.7 Å². The highest BCUT2D eigenvalue weighted by Crippen LogP contribution is 2.25. The molecule has 0 bridgehead atoms. The van der Waals surface area contributed by atoms with Crippen molar-refractivity contribution in [3.63, 3.8) is 0 Å². The zero-order valence-electron chi connectivity index (χ0n) is 7.62. The fraction of sp³-hybridized carbons (Fsp3) is 0.333. The molecule has 15 heavy (non-hydrogen) atoms. The molecule has 1 aromatic rings. The van der Waals surface area contributed by atoms with Gasteiger partial charge < -0.3 is 15.9 Å². The molecule has 0 saturated heterocycles. The summed E-state index contributed by atoms with van der Waals surface area (Å²) in [5.41, 5.74) is 4.73. The summed E-state index contributed by atoms with van der Waals surface area (Å²) in [4.78, 5) is 0. The van der Waals surface area contributed by atoms with Gasteiger partial charge in [-0.1, -0.05) is 15.9 Å². The molecule has 0 radical (unpaired) electrons. The summed E-state index contributed by atoms with van der Waals surface area (Å²) >= 11 is 2.93. The van der Waals surface area contributed by atoms with Gasteiger partial charge in [-0.3, -0.25) is 0 Å². The lowest BCUT2D eigenvalue weighted by atomic mass is 10.0. The molecular formula is C9H10BrF2NO2. The van der Waals surface area contributed by atoms with Gasteiger partial charge in [0.25, 0.3) is 0 Å². The molecule has 0 aliphatic heterocycles. The van der Waals surface area contributed by atoms with Gasteiger partial charge in [-0.05, 0) is 6.07 Å². The summed E-state index contributed by atoms with van der Waals surface area (Å²) in [5.74, 6) is -1.83. The van der Waals surface area contributed by atoms with Gasteiger partial charge in [-0.15, -0.1) is 0 Å². The lowest BCUT2D eigenvalue weighted by Gasteiger charge is -2.17. The highest BCUT2D eigenvalue weighted by molar-refractivity contribution is 9.09. The number of benzene rings is 1. The molecule has 0 aliphatic rings. The van der Waals surface area contributed by atoms with Crippen molar-refractivity contribution in [1.29, 1.82) is 0 Å². The average Bonchev–Trinajstić information content (AvgIpc) is 2.21. The average molecular weight is 282 g/mol. The van der Waals surface area contributed by atoms with Crippen LogP contribution in [0, 0.1) is 11.6 Å². The minimum absolute atomic E-state index is 0.0743. The Hall–Kier alpha value is -0.720. The molecule has 0 heterocycles. The highest BCUT2D eigenvalue weighted by Gasteiger charge is 2.21. The normalized spacial score (nSPS) is 15.0. The van der Waals surface area contributed by atoms with Crippen molar-refractivity contribution in [1.82, 2.24) is 0 Å². The molecule has 1 aromatic carbocycles. The van der Waals surface area contributed by atoms with Crippen molar-refractivity contribution in [2.45, 2.75) is 12.2 Å². The third-order valence-corrected chi connectivity index (χ3v) is 2.62. The zero-order chi connectivity index (χ0) is 11.6. The highest BCUT2D eigenvalue weighted by atomic mass is 79.9. The predicted molar refractivity (Wildman–Crippen MR) is 55.5 cm³/mol. The van der Waals surface area contributed by atoms with E-state index in [1.54, 1.807) is 0 Å². The first kappa shape index (κ1) is 12.4. The summed E-state index contributed by atoms with van der Waals surface area (Å²) in [6, 6.07) is 1.55. The molecule has 0 amide bonds. The van der Waals surface area contributed by atoms with E-state index >= 15 is 0 Å². The van der Waals surface area contributed by atoms with E-state index in [-0.39, 0.29) is 16.6 Å². The molecule has 84 valence electrons. The number of aliphatic hydroxyl groups excluding tert-OH is 2. The largest absolute Gasteiger partial charge is 0.396 e. The molecule has 0 spiro atoms. The van der Waals surface area contributed by atoms with Crippen molar-refractivity contribution in [3.8, 4) is 0 Å². The molecular weight excluding hydrogens is 272 g/mol. The van der Waals surface area contributed by atoms with Gasteiger partial charge in [0, 0.05) is 17.0 Å². The van der Waals surface area contributed by atoms with Crippen LogP contribution in [0.25, 0.3) is 0 Å². The smallest absolute Gasteiger partial charge is 0.149 e. The monoisotopic (exact) mass is 281 g/mol. The molecule has 0 fully saturated rings. The Morgan fingerprint density at radius 2 is 1.87 bits per heavy atom. The summed E-state index contributed by atoms with van der Waals surface area (Å²) in [6.07, 6.45) is -2.61. The maximum atomic E-state index is 13.2. The van der Waals surface area contributed by atoms with Crippen LogP contribution < -0.4 is 5.73 Å². The van der Waals surface area contributed by atoms with Crippen molar-refractivity contribution in [2.24, 2.45) is 0 Å². The molecule has 2 atom stereocenters. The Kier molecular flexibility index (Phi) is 4.01. The number of anilines is 1. The second-order valence-corrected chi connectivity index (χ2v) is 3.71. The number of hydrogen-bond donors (Lipinski definition) is 3. The molecule has 0 saturated carbocycles. The molecule has 1 rings (SSSR count). The second-order valence-electron chi connectivity index (χ2n) is 3.06. The first-order chi connectivity index (χ1) is 6.97. The van der Waals surface area contributed by atoms with E-state index < -0.39 is 23.8 Å². The SMILES string of the molecule is Nc1cc(C(O)C(O)CBr)c(F)cc1F. The molecule has 6 heteroatoms. The lowest BCUT2D eigenvalue weighted by molar-refractivity contribution is 0.0320. The van der Waals surface area contributed by atoms with Crippen LogP contribution >= 0.6 is 15.9 Å². The number of nitrogens with two attached hydrogens (primary N) is 1. The number of alkyl halides is 1. The van der Waals surface area contributed by atoms with Gasteiger partial charge in [-0.2, -0.15) is 0 Å². The number of aliphatic hydroxyl groups is 2. The Morgan fingerprint density at radius 3 is 2.40 bits per heavy atom. The third kappa shape index (κ3) is 2.64. The van der Waals surface area contributed by atoms with Crippen LogP contribution in [0.1, 0.15) is 11.7 Å². The Labute approximate surface area is 93.7 Å². The van der Waals surface area contributed by atoms with E-state index in [2.05, 4.69) is 15.9 Å². The topological polar surface area (TPSA) is 66.5 Å². The van der Waals surface area contributed by atoms with Crippen LogP contribution in [0.2, 0.25) is 0 Å². The molecule has 2 unspecified atom stereocenters. The third-order valence-electron chi connectivity index (χ3n) is 1.96. The summed E-state index contributed by atoms with van der Waals surface area (Å²) < 4.78 is 26.0. The molecule has 0 aromatic heterocycles. The van der Waals surface area contributed by atoms with E-state index in [1.165, 1.54) is 0 Å². The van der Waals surface area contributed by atoms with Gasteiger partial charge in [0.05, 0.1) is 11.8 Å². The Bertz CT molecular complexity index is 362. The van der Waals surface area contributed by atoms with E-state index in [1.807, 2.05) is 0 Å². The van der Waals surface area contributed by atoms with Crippen molar-refractivity contribution in [2.75, 3.05) is 11.1 Å². The standard InChI is InChI=1S/C9H10BrF2NO2/c10-3-8(14)9(15)4-1-7(13)6(12)2-5(4)11/h1-2,8-9,14-15H,3,13H2. The van der Waals surface area contributed by atoms with Gasteiger partial charge in [0.15, 0.2) is 0 Å². The minimum Gasteiger partial charge on any atom is -0.396 e. The lowest BCUT2D eigenvalue weighted by Crippen LogP contribution is -2.20. The number of halogens is 3. The summed E-state index contributed by atoms with van der Waals surface area (Å²) in [7, 11) is 0. The zero-order valence-corrected chi connectivity index (χ0v) is 9.21. The summed E-state index contributed by atoms with van der Waals surface area (Å²) in [5, 5.41) is 18.8. The van der Waals surface area contributed by atoms with E-state index in [0.717, 1.165) is 6.07 Å². The van der Waals surface area contributed by atoms with Crippen LogP contribution in [0.5, 0.6) is 0 Å². The first-order valence-electron chi connectivity index (χ1n) is 4.14. The van der Waals surface area contributed by atoms with Crippen molar-refractivity contribution < 1.29 is 19.0 Å². The first-order valence-corrected chi connectivity index (χ1v) is 5.26. The van der Waals surface area contributed by atoms with Crippen LogP contribution in [0.15, 0.2) is 12.1 Å². The van der Waals surface area contributed by atoms with Crippen LogP contribution in [-0.2, 0) is 0 Å². The van der Waals surface area contributed by atoms with E-state index in [4.69, 9.17) is 5.73 Å².